The van der Waals surface area contributed by atoms with E-state index in [1.807, 2.05) is 13.8 Å². The SMILES string of the molecule is CC(C)Cn1c(=O)c2nscc2n(CC(=O)NCc2ccco2)c1=O. The van der Waals surface area contributed by atoms with Gasteiger partial charge in [-0.1, -0.05) is 13.8 Å². The first-order valence-electron chi connectivity index (χ1n) is 7.84. The van der Waals surface area contributed by atoms with Gasteiger partial charge in [0.2, 0.25) is 5.91 Å². The topological polar surface area (TPSA) is 99.1 Å². The van der Waals surface area contributed by atoms with E-state index in [2.05, 4.69) is 9.69 Å². The highest BCUT2D eigenvalue weighted by molar-refractivity contribution is 7.04. The fourth-order valence-electron chi connectivity index (χ4n) is 2.51. The van der Waals surface area contributed by atoms with Crippen LogP contribution in [-0.2, 0) is 24.4 Å². The molecule has 3 aromatic rings. The molecule has 0 aliphatic heterocycles. The number of nitrogens with one attached hydrogen (secondary N) is 1. The number of hydrogen-bond donors (Lipinski definition) is 1. The van der Waals surface area contributed by atoms with E-state index in [0.717, 1.165) is 16.1 Å². The number of fused-ring (bicyclic) bond motifs is 1. The number of carbonyl (C=O) groups is 1. The number of carbonyl (C=O) groups excluding carboxylic acids is 1. The maximum atomic E-state index is 12.7. The molecule has 0 bridgehead atoms. The Morgan fingerprint density at radius 2 is 2.16 bits per heavy atom. The summed E-state index contributed by atoms with van der Waals surface area (Å²) in [4.78, 5) is 37.4. The molecule has 0 aliphatic rings. The van der Waals surface area contributed by atoms with E-state index in [1.54, 1.807) is 17.5 Å². The molecule has 9 heteroatoms. The first-order valence-corrected chi connectivity index (χ1v) is 8.68. The summed E-state index contributed by atoms with van der Waals surface area (Å²) in [7, 11) is 0. The molecule has 3 aromatic heterocycles. The smallest absolute Gasteiger partial charge is 0.332 e. The Kier molecular flexibility index (Phi) is 4.84. The lowest BCUT2D eigenvalue weighted by Crippen LogP contribution is -2.43. The molecule has 8 nitrogen and oxygen atoms in total. The minimum atomic E-state index is -0.500. The second-order valence-corrected chi connectivity index (χ2v) is 6.71. The average Bonchev–Trinajstić information content (AvgIpc) is 3.24. The van der Waals surface area contributed by atoms with Gasteiger partial charge in [0.1, 0.15) is 12.3 Å². The van der Waals surface area contributed by atoms with Gasteiger partial charge in [0.15, 0.2) is 5.52 Å². The largest absolute Gasteiger partial charge is 0.467 e. The molecule has 0 spiro atoms. The third kappa shape index (κ3) is 3.55. The fourth-order valence-corrected chi connectivity index (χ4v) is 3.18. The van der Waals surface area contributed by atoms with Crippen LogP contribution in [0.15, 0.2) is 37.8 Å². The predicted octanol–water partition coefficient (Wildman–Crippen LogP) is 1.19. The molecule has 25 heavy (non-hydrogen) atoms. The Morgan fingerprint density at radius 3 is 2.84 bits per heavy atom. The van der Waals surface area contributed by atoms with E-state index < -0.39 is 11.2 Å². The number of rotatable bonds is 6. The summed E-state index contributed by atoms with van der Waals surface area (Å²) in [5.41, 5.74) is -0.320. The van der Waals surface area contributed by atoms with Gasteiger partial charge in [-0.3, -0.25) is 18.7 Å². The number of nitrogens with zero attached hydrogens (tertiary/aromatic N) is 3. The van der Waals surface area contributed by atoms with Crippen molar-refractivity contribution in [1.29, 1.82) is 0 Å². The number of hydrogen-bond acceptors (Lipinski definition) is 6. The summed E-state index contributed by atoms with van der Waals surface area (Å²) in [6.45, 7) is 4.15. The predicted molar refractivity (Wildman–Crippen MR) is 93.5 cm³/mol. The molecule has 0 aliphatic carbocycles. The van der Waals surface area contributed by atoms with Crippen LogP contribution in [0.2, 0.25) is 0 Å². The highest BCUT2D eigenvalue weighted by Gasteiger charge is 2.17. The van der Waals surface area contributed by atoms with Crippen molar-refractivity contribution < 1.29 is 9.21 Å². The van der Waals surface area contributed by atoms with Gasteiger partial charge in [0.05, 0.1) is 18.3 Å². The van der Waals surface area contributed by atoms with E-state index in [-0.39, 0.29) is 37.0 Å². The van der Waals surface area contributed by atoms with Gasteiger partial charge in [-0.2, -0.15) is 4.37 Å². The first kappa shape index (κ1) is 17.2. The average molecular weight is 362 g/mol. The summed E-state index contributed by atoms with van der Waals surface area (Å²) < 4.78 is 11.7. The second-order valence-electron chi connectivity index (χ2n) is 6.08. The van der Waals surface area contributed by atoms with Crippen molar-refractivity contribution in [3.05, 3.63) is 50.4 Å². The van der Waals surface area contributed by atoms with Crippen molar-refractivity contribution in [3.63, 3.8) is 0 Å². The molecular weight excluding hydrogens is 344 g/mol. The van der Waals surface area contributed by atoms with Crippen molar-refractivity contribution in [2.45, 2.75) is 33.5 Å². The van der Waals surface area contributed by atoms with Crippen molar-refractivity contribution in [1.82, 2.24) is 18.8 Å². The molecule has 0 saturated heterocycles. The quantitative estimate of drug-likeness (QED) is 0.710. The molecular formula is C16H18N4O4S. The van der Waals surface area contributed by atoms with Crippen LogP contribution in [0, 0.1) is 5.92 Å². The number of furan rings is 1. The molecule has 3 heterocycles. The van der Waals surface area contributed by atoms with Gasteiger partial charge in [0, 0.05) is 11.9 Å². The van der Waals surface area contributed by atoms with Crippen LogP contribution < -0.4 is 16.6 Å². The van der Waals surface area contributed by atoms with Crippen LogP contribution >= 0.6 is 11.5 Å². The number of amides is 1. The molecule has 0 unspecified atom stereocenters. The van der Waals surface area contributed by atoms with Crippen LogP contribution in [0.1, 0.15) is 19.6 Å². The van der Waals surface area contributed by atoms with Gasteiger partial charge >= 0.3 is 5.69 Å². The van der Waals surface area contributed by atoms with Crippen LogP contribution in [-0.4, -0.2) is 19.4 Å². The summed E-state index contributed by atoms with van der Waals surface area (Å²) in [6.07, 6.45) is 1.52. The van der Waals surface area contributed by atoms with Crippen LogP contribution in [0.5, 0.6) is 0 Å². The zero-order chi connectivity index (χ0) is 18.0. The van der Waals surface area contributed by atoms with Crippen LogP contribution in [0.25, 0.3) is 11.0 Å². The molecule has 132 valence electrons. The lowest BCUT2D eigenvalue weighted by Gasteiger charge is -2.13. The number of aromatic nitrogens is 3. The van der Waals surface area contributed by atoms with Crippen molar-refractivity contribution in [2.75, 3.05) is 0 Å². The van der Waals surface area contributed by atoms with Gasteiger partial charge < -0.3 is 9.73 Å². The van der Waals surface area contributed by atoms with Gasteiger partial charge in [-0.25, -0.2) is 4.79 Å². The standard InChI is InChI=1S/C16H18N4O4S/c1-10(2)7-20-15(22)14-12(9-25-18-14)19(16(20)23)8-13(21)17-6-11-4-3-5-24-11/h3-5,9-10H,6-8H2,1-2H3,(H,17,21). The molecule has 3 rings (SSSR count). The highest BCUT2D eigenvalue weighted by Crippen LogP contribution is 2.10. The maximum Gasteiger partial charge on any atom is 0.332 e. The normalized spacial score (nSPS) is 11.3. The zero-order valence-electron chi connectivity index (χ0n) is 13.9. The highest BCUT2D eigenvalue weighted by atomic mass is 32.1. The fraction of sp³-hybridized carbons (Fsp3) is 0.375. The molecule has 0 radical (unpaired) electrons. The minimum absolute atomic E-state index is 0.114. The monoisotopic (exact) mass is 362 g/mol. The van der Waals surface area contributed by atoms with Crippen molar-refractivity contribution in [3.8, 4) is 0 Å². The first-order chi connectivity index (χ1) is 12.0. The molecule has 0 fully saturated rings. The minimum Gasteiger partial charge on any atom is -0.467 e. The Hall–Kier alpha value is -2.68. The van der Waals surface area contributed by atoms with Crippen molar-refractivity contribution >= 4 is 28.5 Å². The Bertz CT molecular complexity index is 997. The lowest BCUT2D eigenvalue weighted by atomic mass is 10.2. The van der Waals surface area contributed by atoms with E-state index in [0.29, 0.717) is 11.3 Å². The van der Waals surface area contributed by atoms with E-state index in [4.69, 9.17) is 4.42 Å². The van der Waals surface area contributed by atoms with E-state index in [1.165, 1.54) is 10.8 Å². The second kappa shape index (κ2) is 7.06. The molecule has 0 atom stereocenters. The Balaban J connectivity index is 1.92. The Labute approximate surface area is 146 Å². The van der Waals surface area contributed by atoms with Crippen LogP contribution in [0.4, 0.5) is 0 Å². The van der Waals surface area contributed by atoms with Crippen LogP contribution in [0.3, 0.4) is 0 Å². The third-order valence-corrected chi connectivity index (χ3v) is 4.26. The summed E-state index contributed by atoms with van der Waals surface area (Å²) in [5.74, 6) is 0.385. The zero-order valence-corrected chi connectivity index (χ0v) is 14.7. The van der Waals surface area contributed by atoms with Gasteiger partial charge in [-0.05, 0) is 29.6 Å². The molecule has 0 saturated carbocycles. The lowest BCUT2D eigenvalue weighted by molar-refractivity contribution is -0.121. The Morgan fingerprint density at radius 1 is 1.36 bits per heavy atom. The maximum absolute atomic E-state index is 12.7. The van der Waals surface area contributed by atoms with Crippen molar-refractivity contribution in [2.24, 2.45) is 5.92 Å². The summed E-state index contributed by atoms with van der Waals surface area (Å²) in [5, 5.41) is 4.30. The van der Waals surface area contributed by atoms with Gasteiger partial charge in [-0.15, -0.1) is 0 Å². The third-order valence-electron chi connectivity index (χ3n) is 3.64. The summed E-state index contributed by atoms with van der Waals surface area (Å²) >= 11 is 1.09. The van der Waals surface area contributed by atoms with E-state index in [9.17, 15) is 14.4 Å². The molecule has 1 amide bonds. The van der Waals surface area contributed by atoms with Gasteiger partial charge in [0.25, 0.3) is 5.56 Å². The molecule has 0 aromatic carbocycles. The molecule has 1 N–H and O–H groups in total. The van der Waals surface area contributed by atoms with E-state index >= 15 is 0 Å². The summed E-state index contributed by atoms with van der Waals surface area (Å²) in [6, 6.07) is 3.48.